The number of nitrogens with two attached hydrogens (primary N) is 1. The molecule has 21 heavy (non-hydrogen) atoms. The minimum atomic E-state index is -3.65. The lowest BCUT2D eigenvalue weighted by Gasteiger charge is -2.12. The molecule has 0 unspecified atom stereocenters. The van der Waals surface area contributed by atoms with E-state index in [1.807, 2.05) is 6.07 Å². The molecule has 0 saturated heterocycles. The molecule has 0 fully saturated rings. The van der Waals surface area contributed by atoms with Crippen LogP contribution < -0.4 is 10.5 Å². The molecule has 2 rings (SSSR count). The second kappa shape index (κ2) is 6.61. The van der Waals surface area contributed by atoms with Crippen LogP contribution in [0.3, 0.4) is 0 Å². The normalized spacial score (nSPS) is 11.6. The molecule has 2 aromatic rings. The molecule has 6 nitrogen and oxygen atoms in total. The van der Waals surface area contributed by atoms with Crippen LogP contribution in [0, 0.1) is 6.92 Å². The van der Waals surface area contributed by atoms with E-state index in [0.29, 0.717) is 15.7 Å². The summed E-state index contributed by atoms with van der Waals surface area (Å²) >= 11 is 3.36. The van der Waals surface area contributed by atoms with Crippen LogP contribution in [0.25, 0.3) is 0 Å². The molecule has 1 aromatic heterocycles. The molecule has 0 saturated carbocycles. The number of nitrogens with one attached hydrogen (secondary N) is 1. The fourth-order valence-electron chi connectivity index (χ4n) is 1.78. The van der Waals surface area contributed by atoms with Gasteiger partial charge in [0.2, 0.25) is 10.0 Å². The van der Waals surface area contributed by atoms with Gasteiger partial charge in [0.15, 0.2) is 0 Å². The number of hydrogen-bond donors (Lipinski definition) is 2. The molecule has 0 aliphatic rings. The Kier molecular flexibility index (Phi) is 5.04. The quantitative estimate of drug-likeness (QED) is 0.830. The van der Waals surface area contributed by atoms with E-state index in [4.69, 9.17) is 5.73 Å². The Labute approximate surface area is 132 Å². The van der Waals surface area contributed by atoms with Crippen molar-refractivity contribution in [1.29, 1.82) is 0 Å². The predicted molar refractivity (Wildman–Crippen MR) is 82.8 cm³/mol. The van der Waals surface area contributed by atoms with Gasteiger partial charge in [0.1, 0.15) is 0 Å². The predicted octanol–water partition coefficient (Wildman–Crippen LogP) is 1.48. The largest absolute Gasteiger partial charge is 0.326 e. The van der Waals surface area contributed by atoms with Crippen LogP contribution in [0.2, 0.25) is 0 Å². The van der Waals surface area contributed by atoms with Gasteiger partial charge in [-0.05, 0) is 42.3 Å². The van der Waals surface area contributed by atoms with Gasteiger partial charge in [0.25, 0.3) is 0 Å². The van der Waals surface area contributed by atoms with Gasteiger partial charge in [-0.3, -0.25) is 0 Å². The third-order valence-corrected chi connectivity index (χ3v) is 5.30. The maximum atomic E-state index is 12.4. The standard InChI is InChI=1S/C13H15BrN4O2S/c1-9-12(14)5-10(7-15)6-13(9)21(19,20)17-8-11-3-2-4-16-18-11/h2-6,17H,7-8,15H2,1H3. The van der Waals surface area contributed by atoms with Crippen LogP contribution in [0.15, 0.2) is 39.8 Å². The molecular weight excluding hydrogens is 356 g/mol. The van der Waals surface area contributed by atoms with E-state index >= 15 is 0 Å². The van der Waals surface area contributed by atoms with Crippen molar-refractivity contribution in [3.05, 3.63) is 51.8 Å². The van der Waals surface area contributed by atoms with Gasteiger partial charge < -0.3 is 5.73 Å². The summed E-state index contributed by atoms with van der Waals surface area (Å²) in [6.07, 6.45) is 1.53. The third kappa shape index (κ3) is 3.85. The number of halogens is 1. The second-order valence-corrected chi connectivity index (χ2v) is 7.03. The van der Waals surface area contributed by atoms with Crippen molar-refractivity contribution in [2.45, 2.75) is 24.9 Å². The summed E-state index contributed by atoms with van der Waals surface area (Å²) in [5, 5.41) is 7.55. The molecule has 1 aromatic carbocycles. The Morgan fingerprint density at radius 3 is 2.76 bits per heavy atom. The lowest BCUT2D eigenvalue weighted by Crippen LogP contribution is -2.25. The maximum Gasteiger partial charge on any atom is 0.241 e. The molecule has 3 N–H and O–H groups in total. The van der Waals surface area contributed by atoms with Crippen molar-refractivity contribution in [1.82, 2.24) is 14.9 Å². The van der Waals surface area contributed by atoms with Crippen LogP contribution >= 0.6 is 15.9 Å². The van der Waals surface area contributed by atoms with E-state index in [1.165, 1.54) is 6.20 Å². The van der Waals surface area contributed by atoms with Gasteiger partial charge in [-0.15, -0.1) is 0 Å². The summed E-state index contributed by atoms with van der Waals surface area (Å²) in [4.78, 5) is 0.209. The van der Waals surface area contributed by atoms with E-state index < -0.39 is 10.0 Å². The van der Waals surface area contributed by atoms with Gasteiger partial charge in [-0.1, -0.05) is 15.9 Å². The molecule has 0 atom stereocenters. The van der Waals surface area contributed by atoms with Gasteiger partial charge >= 0.3 is 0 Å². The third-order valence-electron chi connectivity index (χ3n) is 2.95. The Hall–Kier alpha value is -1.35. The maximum absolute atomic E-state index is 12.4. The van der Waals surface area contributed by atoms with Crippen LogP contribution in [-0.2, 0) is 23.1 Å². The summed E-state index contributed by atoms with van der Waals surface area (Å²) in [7, 11) is -3.65. The summed E-state index contributed by atoms with van der Waals surface area (Å²) < 4.78 is 28.1. The first-order chi connectivity index (χ1) is 9.94. The molecule has 0 spiro atoms. The molecule has 8 heteroatoms. The number of nitrogens with zero attached hydrogens (tertiary/aromatic N) is 2. The van der Waals surface area contributed by atoms with Crippen molar-refractivity contribution in [2.75, 3.05) is 0 Å². The molecule has 0 aliphatic heterocycles. The first-order valence-corrected chi connectivity index (χ1v) is 8.47. The van der Waals surface area contributed by atoms with Crippen LogP contribution in [0.5, 0.6) is 0 Å². The molecule has 0 radical (unpaired) electrons. The summed E-state index contributed by atoms with van der Waals surface area (Å²) in [5.41, 5.74) is 7.52. The van der Waals surface area contributed by atoms with Gasteiger partial charge in [0.05, 0.1) is 17.1 Å². The lowest BCUT2D eigenvalue weighted by atomic mass is 10.1. The molecule has 1 heterocycles. The first-order valence-electron chi connectivity index (χ1n) is 6.19. The van der Waals surface area contributed by atoms with Crippen LogP contribution in [0.4, 0.5) is 0 Å². The van der Waals surface area contributed by atoms with Gasteiger partial charge in [-0.25, -0.2) is 13.1 Å². The Balaban J connectivity index is 2.29. The average Bonchev–Trinajstić information content (AvgIpc) is 2.48. The van der Waals surface area contributed by atoms with E-state index in [9.17, 15) is 8.42 Å². The Morgan fingerprint density at radius 1 is 1.38 bits per heavy atom. The van der Waals surface area contributed by atoms with E-state index in [0.717, 1.165) is 5.56 Å². The summed E-state index contributed by atoms with van der Waals surface area (Å²) in [6, 6.07) is 6.80. The highest BCUT2D eigenvalue weighted by molar-refractivity contribution is 9.10. The Bertz CT molecular complexity index is 735. The SMILES string of the molecule is Cc1c(Br)cc(CN)cc1S(=O)(=O)NCc1cccnn1. The van der Waals surface area contributed by atoms with Gasteiger partial charge in [0, 0.05) is 17.2 Å². The monoisotopic (exact) mass is 370 g/mol. The molecule has 0 aliphatic carbocycles. The van der Waals surface area contributed by atoms with Crippen molar-refractivity contribution in [2.24, 2.45) is 5.73 Å². The number of sulfonamides is 1. The minimum absolute atomic E-state index is 0.0834. The number of rotatable bonds is 5. The average molecular weight is 371 g/mol. The van der Waals surface area contributed by atoms with Crippen LogP contribution in [0.1, 0.15) is 16.8 Å². The highest BCUT2D eigenvalue weighted by atomic mass is 79.9. The van der Waals surface area contributed by atoms with Crippen molar-refractivity contribution in [3.8, 4) is 0 Å². The topological polar surface area (TPSA) is 98.0 Å². The van der Waals surface area contributed by atoms with Crippen molar-refractivity contribution < 1.29 is 8.42 Å². The van der Waals surface area contributed by atoms with Gasteiger partial charge in [-0.2, -0.15) is 10.2 Å². The number of benzene rings is 1. The first kappa shape index (κ1) is 16.0. The highest BCUT2D eigenvalue weighted by Crippen LogP contribution is 2.25. The fourth-order valence-corrected chi connectivity index (χ4v) is 3.73. The molecule has 0 amide bonds. The van der Waals surface area contributed by atoms with E-state index in [2.05, 4.69) is 30.8 Å². The smallest absolute Gasteiger partial charge is 0.241 e. The molecule has 112 valence electrons. The van der Waals surface area contributed by atoms with Crippen LogP contribution in [-0.4, -0.2) is 18.6 Å². The zero-order valence-corrected chi connectivity index (χ0v) is 13.8. The summed E-state index contributed by atoms with van der Waals surface area (Å²) in [5.74, 6) is 0. The lowest BCUT2D eigenvalue weighted by molar-refractivity contribution is 0.579. The summed E-state index contributed by atoms with van der Waals surface area (Å²) in [6.45, 7) is 2.09. The van der Waals surface area contributed by atoms with Crippen molar-refractivity contribution in [3.63, 3.8) is 0 Å². The Morgan fingerprint density at radius 2 is 2.14 bits per heavy atom. The number of aromatic nitrogens is 2. The molecule has 0 bridgehead atoms. The van der Waals surface area contributed by atoms with E-state index in [1.54, 1.807) is 25.1 Å². The zero-order valence-electron chi connectivity index (χ0n) is 11.4. The number of hydrogen-bond acceptors (Lipinski definition) is 5. The minimum Gasteiger partial charge on any atom is -0.326 e. The van der Waals surface area contributed by atoms with Crippen molar-refractivity contribution >= 4 is 26.0 Å². The highest BCUT2D eigenvalue weighted by Gasteiger charge is 2.19. The fraction of sp³-hybridized carbons (Fsp3) is 0.231. The second-order valence-electron chi connectivity index (χ2n) is 4.44. The molecular formula is C13H15BrN4O2S. The zero-order chi connectivity index (χ0) is 15.5. The van der Waals surface area contributed by atoms with E-state index in [-0.39, 0.29) is 18.0 Å².